The van der Waals surface area contributed by atoms with Gasteiger partial charge in [-0.1, -0.05) is 0 Å². The smallest absolute Gasteiger partial charge is 0.142 e. The van der Waals surface area contributed by atoms with Gasteiger partial charge in [0.15, 0.2) is 0 Å². The first kappa shape index (κ1) is 11.1. The van der Waals surface area contributed by atoms with Gasteiger partial charge in [0.2, 0.25) is 0 Å². The van der Waals surface area contributed by atoms with Crippen LogP contribution in [0.25, 0.3) is 0 Å². The van der Waals surface area contributed by atoms with E-state index in [0.717, 1.165) is 29.1 Å². The molecule has 0 aliphatic carbocycles. The molecular formula is C10H14IN3O. The number of ether oxygens (including phenoxy) is 1. The van der Waals surface area contributed by atoms with Crippen molar-refractivity contribution < 1.29 is 4.74 Å². The molecule has 5 heteroatoms. The summed E-state index contributed by atoms with van der Waals surface area (Å²) in [5.41, 5.74) is 0. The summed E-state index contributed by atoms with van der Waals surface area (Å²) in [6.45, 7) is 2.73. The molecule has 1 aromatic rings. The molecule has 4 nitrogen and oxygen atoms in total. The fraction of sp³-hybridized carbons (Fsp3) is 0.600. The zero-order valence-corrected chi connectivity index (χ0v) is 10.6. The highest BCUT2D eigenvalue weighted by molar-refractivity contribution is 14.1. The summed E-state index contributed by atoms with van der Waals surface area (Å²) in [5.74, 6) is 1.54. The summed E-state index contributed by atoms with van der Waals surface area (Å²) in [6.07, 6.45) is 5.80. The summed E-state index contributed by atoms with van der Waals surface area (Å²) in [7, 11) is 0. The molecule has 0 aromatic carbocycles. The first-order valence-electron chi connectivity index (χ1n) is 5.13. The summed E-state index contributed by atoms with van der Waals surface area (Å²) < 4.78 is 6.49. The normalized spacial score (nSPS) is 21.3. The lowest BCUT2D eigenvalue weighted by molar-refractivity contribution is 0.0595. The number of nitrogens with one attached hydrogen (secondary N) is 1. The van der Waals surface area contributed by atoms with Crippen LogP contribution in [-0.2, 0) is 4.74 Å². The van der Waals surface area contributed by atoms with Crippen molar-refractivity contribution in [2.45, 2.75) is 12.8 Å². The molecule has 1 aliphatic heterocycles. The van der Waals surface area contributed by atoms with Crippen LogP contribution in [0.3, 0.4) is 0 Å². The predicted octanol–water partition coefficient (Wildman–Crippen LogP) is 1.92. The average molecular weight is 319 g/mol. The number of aromatic nitrogens is 2. The minimum Gasteiger partial charge on any atom is -0.381 e. The first-order valence-corrected chi connectivity index (χ1v) is 6.21. The standard InChI is InChI=1S/C10H14IN3O/c11-9-5-12-7-14-10(9)13-4-8-2-1-3-15-6-8/h5,7-8H,1-4,6H2,(H,12,13,14). The van der Waals surface area contributed by atoms with Crippen molar-refractivity contribution in [2.75, 3.05) is 25.1 Å². The minimum atomic E-state index is 0.615. The van der Waals surface area contributed by atoms with Gasteiger partial charge >= 0.3 is 0 Å². The molecule has 2 heterocycles. The lowest BCUT2D eigenvalue weighted by Crippen LogP contribution is -2.24. The van der Waals surface area contributed by atoms with Crippen molar-refractivity contribution in [1.29, 1.82) is 0 Å². The third kappa shape index (κ3) is 3.27. The lowest BCUT2D eigenvalue weighted by atomic mass is 10.0. The van der Waals surface area contributed by atoms with Gasteiger partial charge in [0.1, 0.15) is 12.1 Å². The summed E-state index contributed by atoms with van der Waals surface area (Å²) in [4.78, 5) is 8.15. The van der Waals surface area contributed by atoms with Gasteiger partial charge < -0.3 is 10.1 Å². The van der Waals surface area contributed by atoms with Gasteiger partial charge in [0, 0.05) is 19.3 Å². The number of anilines is 1. The second kappa shape index (κ2) is 5.60. The van der Waals surface area contributed by atoms with Gasteiger partial charge in [0.05, 0.1) is 10.2 Å². The van der Waals surface area contributed by atoms with E-state index in [-0.39, 0.29) is 0 Å². The Kier molecular flexibility index (Phi) is 4.13. The van der Waals surface area contributed by atoms with Gasteiger partial charge in [-0.2, -0.15) is 0 Å². The van der Waals surface area contributed by atoms with E-state index in [1.165, 1.54) is 12.8 Å². The Labute approximate surface area is 103 Å². The van der Waals surface area contributed by atoms with Gasteiger partial charge in [-0.15, -0.1) is 0 Å². The molecule has 0 radical (unpaired) electrons. The second-order valence-corrected chi connectivity index (χ2v) is 4.85. The van der Waals surface area contributed by atoms with E-state index < -0.39 is 0 Å². The zero-order valence-electron chi connectivity index (χ0n) is 8.45. The molecule has 0 spiro atoms. The number of rotatable bonds is 3. The molecule has 1 unspecified atom stereocenters. The highest BCUT2D eigenvalue weighted by Gasteiger charge is 2.13. The van der Waals surface area contributed by atoms with Crippen molar-refractivity contribution in [3.63, 3.8) is 0 Å². The molecule has 0 saturated carbocycles. The number of hydrogen-bond donors (Lipinski definition) is 1. The highest BCUT2D eigenvalue weighted by Crippen LogP contribution is 2.16. The van der Waals surface area contributed by atoms with Crippen molar-refractivity contribution in [3.8, 4) is 0 Å². The van der Waals surface area contributed by atoms with E-state index in [1.54, 1.807) is 6.33 Å². The van der Waals surface area contributed by atoms with E-state index in [2.05, 4.69) is 37.9 Å². The molecule has 0 amide bonds. The third-order valence-corrected chi connectivity index (χ3v) is 3.27. The molecule has 1 atom stereocenters. The molecule has 1 aliphatic rings. The summed E-state index contributed by atoms with van der Waals surface area (Å²) >= 11 is 2.24. The van der Waals surface area contributed by atoms with Crippen LogP contribution in [0.15, 0.2) is 12.5 Å². The molecular weight excluding hydrogens is 305 g/mol. The maximum absolute atomic E-state index is 5.43. The van der Waals surface area contributed by atoms with E-state index in [0.29, 0.717) is 5.92 Å². The van der Waals surface area contributed by atoms with Crippen LogP contribution < -0.4 is 5.32 Å². The van der Waals surface area contributed by atoms with E-state index in [9.17, 15) is 0 Å². The number of nitrogens with zero attached hydrogens (tertiary/aromatic N) is 2. The summed E-state index contributed by atoms with van der Waals surface area (Å²) in [6, 6.07) is 0. The van der Waals surface area contributed by atoms with Gasteiger partial charge in [-0.3, -0.25) is 0 Å². The second-order valence-electron chi connectivity index (χ2n) is 3.68. The predicted molar refractivity (Wildman–Crippen MR) is 66.8 cm³/mol. The molecule has 1 saturated heterocycles. The average Bonchev–Trinajstić information content (AvgIpc) is 2.29. The summed E-state index contributed by atoms with van der Waals surface area (Å²) in [5, 5.41) is 3.34. The lowest BCUT2D eigenvalue weighted by Gasteiger charge is -2.22. The van der Waals surface area contributed by atoms with Crippen LogP contribution in [-0.4, -0.2) is 29.7 Å². The van der Waals surface area contributed by atoms with Crippen LogP contribution in [0.2, 0.25) is 0 Å². The SMILES string of the molecule is Ic1cncnc1NCC1CCCOC1. The largest absolute Gasteiger partial charge is 0.381 e. The highest BCUT2D eigenvalue weighted by atomic mass is 127. The van der Waals surface area contributed by atoms with Crippen molar-refractivity contribution in [3.05, 3.63) is 16.1 Å². The quantitative estimate of drug-likeness (QED) is 0.865. The first-order chi connectivity index (χ1) is 7.36. The molecule has 1 fully saturated rings. The molecule has 82 valence electrons. The molecule has 15 heavy (non-hydrogen) atoms. The van der Waals surface area contributed by atoms with Crippen LogP contribution >= 0.6 is 22.6 Å². The minimum absolute atomic E-state index is 0.615. The Morgan fingerprint density at radius 3 is 3.27 bits per heavy atom. The van der Waals surface area contributed by atoms with Crippen LogP contribution in [0, 0.1) is 9.49 Å². The Morgan fingerprint density at radius 2 is 2.53 bits per heavy atom. The molecule has 0 bridgehead atoms. The molecule has 1 N–H and O–H groups in total. The number of halogens is 1. The van der Waals surface area contributed by atoms with E-state index >= 15 is 0 Å². The zero-order chi connectivity index (χ0) is 10.5. The fourth-order valence-corrected chi connectivity index (χ4v) is 2.14. The third-order valence-electron chi connectivity index (χ3n) is 2.48. The fourth-order valence-electron chi connectivity index (χ4n) is 1.65. The Bertz CT molecular complexity index is 315. The number of hydrogen-bond acceptors (Lipinski definition) is 4. The van der Waals surface area contributed by atoms with Crippen molar-refractivity contribution in [1.82, 2.24) is 9.97 Å². The van der Waals surface area contributed by atoms with Crippen LogP contribution in [0.5, 0.6) is 0 Å². The van der Waals surface area contributed by atoms with Gasteiger partial charge in [-0.25, -0.2) is 9.97 Å². The van der Waals surface area contributed by atoms with E-state index in [4.69, 9.17) is 4.74 Å². The van der Waals surface area contributed by atoms with Crippen molar-refractivity contribution in [2.24, 2.45) is 5.92 Å². The molecule has 2 rings (SSSR count). The monoisotopic (exact) mass is 319 g/mol. The van der Waals surface area contributed by atoms with E-state index in [1.807, 2.05) is 6.20 Å². The molecule has 1 aromatic heterocycles. The Hall–Kier alpha value is -0.430. The maximum atomic E-state index is 5.43. The van der Waals surface area contributed by atoms with Crippen LogP contribution in [0.4, 0.5) is 5.82 Å². The Balaban J connectivity index is 1.84. The van der Waals surface area contributed by atoms with Gasteiger partial charge in [-0.05, 0) is 41.4 Å². The van der Waals surface area contributed by atoms with Crippen molar-refractivity contribution >= 4 is 28.4 Å². The van der Waals surface area contributed by atoms with Crippen LogP contribution in [0.1, 0.15) is 12.8 Å². The topological polar surface area (TPSA) is 47.0 Å². The van der Waals surface area contributed by atoms with Gasteiger partial charge in [0.25, 0.3) is 0 Å². The Morgan fingerprint density at radius 1 is 1.60 bits per heavy atom. The maximum Gasteiger partial charge on any atom is 0.142 e.